The summed E-state index contributed by atoms with van der Waals surface area (Å²) < 4.78 is 5.52. The number of aromatic nitrogens is 1. The van der Waals surface area contributed by atoms with Crippen molar-refractivity contribution < 1.29 is 9.32 Å². The Hall–Kier alpha value is -2.44. The lowest BCUT2D eigenvalue weighted by molar-refractivity contribution is 0.0941. The van der Waals surface area contributed by atoms with Crippen LogP contribution in [0.3, 0.4) is 0 Å². The summed E-state index contributed by atoms with van der Waals surface area (Å²) in [7, 11) is 0. The molecule has 0 saturated carbocycles. The fourth-order valence-corrected chi connectivity index (χ4v) is 5.12. The number of benzene rings is 1. The summed E-state index contributed by atoms with van der Waals surface area (Å²) in [6.07, 6.45) is 3.82. The number of nitrogens with one attached hydrogen (secondary N) is 1. The number of hydrogen-bond donors (Lipinski definition) is 1. The van der Waals surface area contributed by atoms with Gasteiger partial charge in [-0.25, -0.2) is 0 Å². The number of rotatable bonds is 5. The van der Waals surface area contributed by atoms with Gasteiger partial charge in [-0.3, -0.25) is 9.69 Å². The second kappa shape index (κ2) is 7.53. The van der Waals surface area contributed by atoms with Crippen molar-refractivity contribution in [2.24, 2.45) is 0 Å². The highest BCUT2D eigenvalue weighted by atomic mass is 32.1. The Balaban J connectivity index is 1.14. The number of amides is 1. The molecule has 0 fully saturated rings. The summed E-state index contributed by atoms with van der Waals surface area (Å²) in [6, 6.07) is 10.7. The molecular formula is C22H23N3O2S. The molecule has 28 heavy (non-hydrogen) atoms. The first-order valence-electron chi connectivity index (χ1n) is 9.92. The van der Waals surface area contributed by atoms with Gasteiger partial charge < -0.3 is 9.84 Å². The van der Waals surface area contributed by atoms with Crippen LogP contribution in [0.4, 0.5) is 0 Å². The van der Waals surface area contributed by atoms with Crippen LogP contribution >= 0.6 is 11.3 Å². The molecule has 3 heterocycles. The molecule has 1 N–H and O–H groups in total. The van der Waals surface area contributed by atoms with Gasteiger partial charge in [-0.15, -0.1) is 11.3 Å². The molecule has 6 heteroatoms. The van der Waals surface area contributed by atoms with Gasteiger partial charge in [-0.2, -0.15) is 0 Å². The van der Waals surface area contributed by atoms with Crippen LogP contribution in [0.15, 0.2) is 40.2 Å². The molecule has 1 aliphatic heterocycles. The summed E-state index contributed by atoms with van der Waals surface area (Å²) in [5, 5.41) is 9.17. The highest BCUT2D eigenvalue weighted by Crippen LogP contribution is 2.38. The van der Waals surface area contributed by atoms with Crippen molar-refractivity contribution in [3.63, 3.8) is 0 Å². The van der Waals surface area contributed by atoms with Crippen LogP contribution in [0, 0.1) is 0 Å². The van der Waals surface area contributed by atoms with Gasteiger partial charge in [0.1, 0.15) is 0 Å². The molecule has 0 unspecified atom stereocenters. The van der Waals surface area contributed by atoms with Crippen molar-refractivity contribution in [1.82, 2.24) is 15.4 Å². The Labute approximate surface area is 168 Å². The summed E-state index contributed by atoms with van der Waals surface area (Å²) in [5.41, 5.74) is 5.41. The first-order valence-corrected chi connectivity index (χ1v) is 10.8. The average Bonchev–Trinajstić information content (AvgIpc) is 3.37. The predicted molar refractivity (Wildman–Crippen MR) is 110 cm³/mol. The van der Waals surface area contributed by atoms with Crippen LogP contribution in [0.25, 0.3) is 11.3 Å². The van der Waals surface area contributed by atoms with Crippen LogP contribution in [-0.2, 0) is 25.8 Å². The molecule has 0 bridgehead atoms. The third kappa shape index (κ3) is 3.27. The Bertz CT molecular complexity index is 1010. The van der Waals surface area contributed by atoms with Gasteiger partial charge in [0.15, 0.2) is 11.5 Å². The average molecular weight is 394 g/mol. The zero-order chi connectivity index (χ0) is 18.9. The van der Waals surface area contributed by atoms with Crippen LogP contribution in [0.5, 0.6) is 0 Å². The quantitative estimate of drug-likeness (QED) is 0.672. The van der Waals surface area contributed by atoms with Crippen LogP contribution in [-0.4, -0.2) is 35.6 Å². The van der Waals surface area contributed by atoms with Crippen LogP contribution < -0.4 is 5.32 Å². The zero-order valence-corrected chi connectivity index (χ0v) is 16.6. The van der Waals surface area contributed by atoms with Gasteiger partial charge in [-0.05, 0) is 48.3 Å². The lowest BCUT2D eigenvalue weighted by Gasteiger charge is -2.28. The number of thiophene rings is 1. The predicted octanol–water partition coefficient (Wildman–Crippen LogP) is 3.68. The summed E-state index contributed by atoms with van der Waals surface area (Å²) in [6.45, 7) is 3.74. The molecule has 5 nitrogen and oxygen atoms in total. The molecule has 0 radical (unpaired) electrons. The van der Waals surface area contributed by atoms with Gasteiger partial charge in [0, 0.05) is 42.2 Å². The van der Waals surface area contributed by atoms with Crippen LogP contribution in [0.2, 0.25) is 0 Å². The molecule has 1 amide bonds. The normalized spacial score (nSPS) is 15.6. The minimum Gasteiger partial charge on any atom is -0.355 e. The number of carbonyl (C=O) groups excluding carboxylic acids is 1. The molecular weight excluding hydrogens is 370 g/mol. The van der Waals surface area contributed by atoms with E-state index in [1.807, 2.05) is 0 Å². The van der Waals surface area contributed by atoms with E-state index in [2.05, 4.69) is 51.1 Å². The van der Waals surface area contributed by atoms with E-state index in [1.165, 1.54) is 16.0 Å². The topological polar surface area (TPSA) is 58.4 Å². The fraction of sp³-hybridized carbons (Fsp3) is 0.364. The van der Waals surface area contributed by atoms with Gasteiger partial charge in [0.25, 0.3) is 5.91 Å². The Kier molecular flexibility index (Phi) is 4.74. The first kappa shape index (κ1) is 17.6. The third-order valence-electron chi connectivity index (χ3n) is 5.74. The van der Waals surface area contributed by atoms with Crippen molar-refractivity contribution in [3.05, 3.63) is 63.0 Å². The summed E-state index contributed by atoms with van der Waals surface area (Å²) in [5.74, 6) is 0.660. The molecule has 144 valence electrons. The molecule has 1 aromatic carbocycles. The highest BCUT2D eigenvalue weighted by Gasteiger charge is 2.28. The van der Waals surface area contributed by atoms with Crippen molar-refractivity contribution in [2.45, 2.75) is 32.2 Å². The molecule has 5 rings (SSSR count). The number of nitrogens with zero attached hydrogens (tertiary/aromatic N) is 2. The molecule has 0 atom stereocenters. The second-order valence-corrected chi connectivity index (χ2v) is 8.50. The van der Waals surface area contributed by atoms with Crippen molar-refractivity contribution >= 4 is 17.2 Å². The van der Waals surface area contributed by atoms with E-state index in [0.29, 0.717) is 12.2 Å². The molecule has 2 aliphatic rings. The molecule has 2 aromatic heterocycles. The Morgan fingerprint density at radius 3 is 3.00 bits per heavy atom. The monoisotopic (exact) mass is 393 g/mol. The van der Waals surface area contributed by atoms with Crippen molar-refractivity contribution in [2.75, 3.05) is 19.6 Å². The largest absolute Gasteiger partial charge is 0.355 e. The number of hydrogen-bond acceptors (Lipinski definition) is 5. The second-order valence-electron chi connectivity index (χ2n) is 7.50. The smallest absolute Gasteiger partial charge is 0.273 e. The number of fused-ring (bicyclic) bond motifs is 4. The lowest BCUT2D eigenvalue weighted by Crippen LogP contribution is -2.34. The van der Waals surface area contributed by atoms with E-state index in [0.717, 1.165) is 62.2 Å². The maximum Gasteiger partial charge on any atom is 0.273 e. The Morgan fingerprint density at radius 1 is 1.18 bits per heavy atom. The van der Waals surface area contributed by atoms with Crippen molar-refractivity contribution in [3.8, 4) is 11.3 Å². The maximum atomic E-state index is 12.6. The lowest BCUT2D eigenvalue weighted by atomic mass is 9.95. The zero-order valence-electron chi connectivity index (χ0n) is 15.7. The molecule has 1 aliphatic carbocycles. The molecule has 0 spiro atoms. The SMILES string of the molecule is O=C(NCCCN1CCc2ccccc2C1)c1noc2c1CCc1sccc1-2. The first-order chi connectivity index (χ1) is 13.8. The number of aryl methyl sites for hydroxylation is 1. The van der Waals surface area contributed by atoms with E-state index in [-0.39, 0.29) is 5.91 Å². The van der Waals surface area contributed by atoms with E-state index < -0.39 is 0 Å². The van der Waals surface area contributed by atoms with E-state index >= 15 is 0 Å². The van der Waals surface area contributed by atoms with Gasteiger partial charge in [0.05, 0.1) is 0 Å². The standard InChI is InChI=1S/C22H23N3O2S/c26-22(20-18-6-7-19-17(9-13-28-19)21(18)27-24-20)23-10-3-11-25-12-8-15-4-1-2-5-16(15)14-25/h1-2,4-5,9,13H,3,6-8,10-12,14H2,(H,23,26). The van der Waals surface area contributed by atoms with Gasteiger partial charge in [0.2, 0.25) is 0 Å². The highest BCUT2D eigenvalue weighted by molar-refractivity contribution is 7.10. The molecule has 0 saturated heterocycles. The minimum atomic E-state index is -0.118. The van der Waals surface area contributed by atoms with E-state index in [4.69, 9.17) is 4.52 Å². The Morgan fingerprint density at radius 2 is 2.07 bits per heavy atom. The summed E-state index contributed by atoms with van der Waals surface area (Å²) >= 11 is 1.74. The van der Waals surface area contributed by atoms with Crippen LogP contribution in [0.1, 0.15) is 38.5 Å². The third-order valence-corrected chi connectivity index (χ3v) is 6.72. The number of carbonyl (C=O) groups is 1. The van der Waals surface area contributed by atoms with E-state index in [1.54, 1.807) is 11.3 Å². The van der Waals surface area contributed by atoms with E-state index in [9.17, 15) is 4.79 Å². The fourth-order valence-electron chi connectivity index (χ4n) is 4.24. The summed E-state index contributed by atoms with van der Waals surface area (Å²) in [4.78, 5) is 16.4. The maximum absolute atomic E-state index is 12.6. The molecule has 3 aromatic rings. The van der Waals surface area contributed by atoms with Crippen molar-refractivity contribution in [1.29, 1.82) is 0 Å². The minimum absolute atomic E-state index is 0.118. The van der Waals surface area contributed by atoms with Gasteiger partial charge in [-0.1, -0.05) is 29.4 Å². The van der Waals surface area contributed by atoms with Gasteiger partial charge >= 0.3 is 0 Å².